The predicted molar refractivity (Wildman–Crippen MR) is 78.3 cm³/mol. The van der Waals surface area contributed by atoms with E-state index in [9.17, 15) is 13.2 Å². The molecule has 1 aromatic heterocycles. The average Bonchev–Trinajstić information content (AvgIpc) is 3.15. The maximum atomic E-state index is 10.6. The van der Waals surface area contributed by atoms with Crippen LogP contribution in [-0.4, -0.2) is 53.4 Å². The van der Waals surface area contributed by atoms with E-state index in [2.05, 4.69) is 22.2 Å². The summed E-state index contributed by atoms with van der Waals surface area (Å²) >= 11 is 1.75. The van der Waals surface area contributed by atoms with Crippen molar-refractivity contribution in [1.82, 2.24) is 9.88 Å². The summed E-state index contributed by atoms with van der Waals surface area (Å²) in [5, 5.41) is 10.5. The summed E-state index contributed by atoms with van der Waals surface area (Å²) in [6.45, 7) is 7.43. The van der Waals surface area contributed by atoms with Crippen molar-refractivity contribution in [3.8, 4) is 0 Å². The van der Waals surface area contributed by atoms with E-state index in [4.69, 9.17) is 14.6 Å². The third-order valence-corrected chi connectivity index (χ3v) is 4.82. The fourth-order valence-corrected chi connectivity index (χ4v) is 3.45. The molecule has 2 aliphatic rings. The molecule has 3 heterocycles. The zero-order valence-corrected chi connectivity index (χ0v) is 13.5. The van der Waals surface area contributed by atoms with Crippen molar-refractivity contribution in [3.63, 3.8) is 0 Å². The molecule has 2 fully saturated rings. The molecule has 1 N–H and O–H groups in total. The number of rotatable bonds is 2. The molecule has 1 atom stereocenters. The lowest BCUT2D eigenvalue weighted by Gasteiger charge is -2.21. The first-order valence-corrected chi connectivity index (χ1v) is 8.09. The molecule has 1 spiro atoms. The fourth-order valence-electron chi connectivity index (χ4n) is 2.84. The van der Waals surface area contributed by atoms with Crippen molar-refractivity contribution >= 4 is 17.3 Å². The lowest BCUT2D eigenvalue weighted by Crippen LogP contribution is -2.27. The van der Waals surface area contributed by atoms with Gasteiger partial charge in [-0.25, -0.2) is 9.78 Å². The van der Waals surface area contributed by atoms with Crippen LogP contribution in [0.25, 0.3) is 0 Å². The van der Waals surface area contributed by atoms with E-state index in [0.29, 0.717) is 5.41 Å². The van der Waals surface area contributed by atoms with Crippen molar-refractivity contribution in [1.29, 1.82) is 0 Å². The molecule has 0 aliphatic carbocycles. The van der Waals surface area contributed by atoms with Gasteiger partial charge >= 0.3 is 12.1 Å². The highest BCUT2D eigenvalue weighted by Crippen LogP contribution is 2.38. The van der Waals surface area contributed by atoms with E-state index in [1.165, 1.54) is 36.6 Å². The van der Waals surface area contributed by atoms with Gasteiger partial charge in [-0.15, -0.1) is 11.3 Å². The highest BCUT2D eigenvalue weighted by Gasteiger charge is 2.41. The number of aryl methyl sites for hydroxylation is 1. The van der Waals surface area contributed by atoms with Gasteiger partial charge in [0.15, 0.2) is 0 Å². The second kappa shape index (κ2) is 7.14. The zero-order valence-electron chi connectivity index (χ0n) is 12.7. The van der Waals surface area contributed by atoms with E-state index >= 15 is 0 Å². The molecular formula is C14H19F3N2O3S. The fraction of sp³-hybridized carbons (Fsp3) is 0.714. The van der Waals surface area contributed by atoms with Gasteiger partial charge in [0.05, 0.1) is 17.3 Å². The number of aliphatic carboxylic acids is 1. The Kier molecular flexibility index (Phi) is 5.64. The normalized spacial score (nSPS) is 24.7. The second-order valence-electron chi connectivity index (χ2n) is 5.92. The number of hydrogen-bond donors (Lipinski definition) is 1. The summed E-state index contributed by atoms with van der Waals surface area (Å²) in [5.74, 6) is -2.76. The SMILES string of the molecule is Cc1nc(CN2CCC3(CCOC3)C2)cs1.O=C(O)C(F)(F)F. The Hall–Kier alpha value is -1.19. The number of thiazole rings is 1. The molecule has 0 amide bonds. The molecule has 5 nitrogen and oxygen atoms in total. The molecule has 0 radical (unpaired) electrons. The summed E-state index contributed by atoms with van der Waals surface area (Å²) in [7, 11) is 0. The van der Waals surface area contributed by atoms with E-state index < -0.39 is 12.1 Å². The van der Waals surface area contributed by atoms with Gasteiger partial charge in [0.1, 0.15) is 0 Å². The molecule has 0 aromatic carbocycles. The Morgan fingerprint density at radius 1 is 1.52 bits per heavy atom. The minimum atomic E-state index is -5.08. The number of alkyl halides is 3. The van der Waals surface area contributed by atoms with Gasteiger partial charge in [0.2, 0.25) is 0 Å². The average molecular weight is 352 g/mol. The molecule has 23 heavy (non-hydrogen) atoms. The maximum absolute atomic E-state index is 10.6. The standard InChI is InChI=1S/C12H18N2OS.C2HF3O2/c1-10-13-11(7-16-10)6-14-4-2-12(8-14)3-5-15-9-12;3-2(4,5)1(6)7/h7H,2-6,8-9H2,1H3;(H,6,7). The van der Waals surface area contributed by atoms with Crippen LogP contribution < -0.4 is 0 Å². The number of ether oxygens (including phenoxy) is 1. The topological polar surface area (TPSA) is 62.7 Å². The summed E-state index contributed by atoms with van der Waals surface area (Å²) in [5.41, 5.74) is 1.71. The molecule has 2 saturated heterocycles. The van der Waals surface area contributed by atoms with E-state index in [-0.39, 0.29) is 0 Å². The number of hydrogen-bond acceptors (Lipinski definition) is 5. The van der Waals surface area contributed by atoms with Gasteiger partial charge in [-0.2, -0.15) is 13.2 Å². The molecule has 130 valence electrons. The quantitative estimate of drug-likeness (QED) is 0.887. The summed E-state index contributed by atoms with van der Waals surface area (Å²) in [6, 6.07) is 0. The third-order valence-electron chi connectivity index (χ3n) is 4.00. The predicted octanol–water partition coefficient (Wildman–Crippen LogP) is 2.70. The van der Waals surface area contributed by atoms with Crippen LogP contribution in [0.15, 0.2) is 5.38 Å². The van der Waals surface area contributed by atoms with Crippen molar-refractivity contribution in [2.75, 3.05) is 26.3 Å². The van der Waals surface area contributed by atoms with Gasteiger partial charge in [0, 0.05) is 30.5 Å². The van der Waals surface area contributed by atoms with Gasteiger partial charge < -0.3 is 9.84 Å². The molecule has 0 bridgehead atoms. The Bertz CT molecular complexity index is 542. The third kappa shape index (κ3) is 5.15. The number of carboxylic acid groups (broad SMARTS) is 1. The molecule has 0 saturated carbocycles. The summed E-state index contributed by atoms with van der Waals surface area (Å²) in [6.07, 6.45) is -2.53. The Morgan fingerprint density at radius 2 is 2.22 bits per heavy atom. The lowest BCUT2D eigenvalue weighted by molar-refractivity contribution is -0.192. The summed E-state index contributed by atoms with van der Waals surface area (Å²) in [4.78, 5) is 16.0. The first-order valence-electron chi connectivity index (χ1n) is 7.21. The molecule has 9 heteroatoms. The highest BCUT2D eigenvalue weighted by atomic mass is 32.1. The van der Waals surface area contributed by atoms with Gasteiger partial charge in [-0.1, -0.05) is 0 Å². The number of likely N-dealkylation sites (tertiary alicyclic amines) is 1. The van der Waals surface area contributed by atoms with Crippen LogP contribution in [0.3, 0.4) is 0 Å². The molecule has 1 unspecified atom stereocenters. The Morgan fingerprint density at radius 3 is 2.70 bits per heavy atom. The number of carbonyl (C=O) groups is 1. The second-order valence-corrected chi connectivity index (χ2v) is 6.99. The Balaban J connectivity index is 0.000000236. The number of aromatic nitrogens is 1. The monoisotopic (exact) mass is 352 g/mol. The first kappa shape index (κ1) is 18.2. The van der Waals surface area contributed by atoms with Crippen molar-refractivity contribution in [2.24, 2.45) is 5.41 Å². The van der Waals surface area contributed by atoms with Crippen LogP contribution in [-0.2, 0) is 16.1 Å². The molecule has 1 aromatic rings. The highest BCUT2D eigenvalue weighted by molar-refractivity contribution is 7.09. The van der Waals surface area contributed by atoms with Crippen LogP contribution in [0.1, 0.15) is 23.5 Å². The first-order chi connectivity index (χ1) is 10.7. The van der Waals surface area contributed by atoms with Crippen molar-refractivity contribution < 1.29 is 27.8 Å². The van der Waals surface area contributed by atoms with Crippen LogP contribution in [0.5, 0.6) is 0 Å². The zero-order chi connectivity index (χ0) is 17.1. The summed E-state index contributed by atoms with van der Waals surface area (Å²) < 4.78 is 37.3. The van der Waals surface area contributed by atoms with E-state index in [1.807, 2.05) is 0 Å². The van der Waals surface area contributed by atoms with Gasteiger partial charge in [-0.3, -0.25) is 4.90 Å². The van der Waals surface area contributed by atoms with Crippen LogP contribution in [0.4, 0.5) is 13.2 Å². The number of halogens is 3. The van der Waals surface area contributed by atoms with Crippen molar-refractivity contribution in [2.45, 2.75) is 32.5 Å². The lowest BCUT2D eigenvalue weighted by atomic mass is 9.87. The van der Waals surface area contributed by atoms with Crippen LogP contribution in [0, 0.1) is 12.3 Å². The number of carboxylic acids is 1. The smallest absolute Gasteiger partial charge is 0.475 e. The van der Waals surface area contributed by atoms with Gasteiger partial charge in [0.25, 0.3) is 0 Å². The van der Waals surface area contributed by atoms with E-state index in [1.54, 1.807) is 11.3 Å². The molecule has 3 rings (SSSR count). The molecular weight excluding hydrogens is 333 g/mol. The Labute approximate surface area is 136 Å². The van der Waals surface area contributed by atoms with Crippen molar-refractivity contribution in [3.05, 3.63) is 16.1 Å². The maximum Gasteiger partial charge on any atom is 0.490 e. The van der Waals surface area contributed by atoms with E-state index in [0.717, 1.165) is 19.8 Å². The largest absolute Gasteiger partial charge is 0.490 e. The van der Waals surface area contributed by atoms with Crippen LogP contribution >= 0.6 is 11.3 Å². The van der Waals surface area contributed by atoms with Gasteiger partial charge in [-0.05, 0) is 26.3 Å². The van der Waals surface area contributed by atoms with Crippen LogP contribution in [0.2, 0.25) is 0 Å². The number of nitrogens with zero attached hydrogens (tertiary/aromatic N) is 2. The minimum Gasteiger partial charge on any atom is -0.475 e. The minimum absolute atomic E-state index is 0.477. The molecule has 2 aliphatic heterocycles.